The van der Waals surface area contributed by atoms with Gasteiger partial charge in [-0.2, -0.15) is 0 Å². The average Bonchev–Trinajstić information content (AvgIpc) is 2.69. The van der Waals surface area contributed by atoms with Crippen LogP contribution in [0.5, 0.6) is 0 Å². The molecular weight excluding hydrogens is 376 g/mol. The van der Waals surface area contributed by atoms with Crippen molar-refractivity contribution in [2.45, 2.75) is 124 Å². The number of aliphatic carboxylic acids is 1. The predicted octanol–water partition coefficient (Wildman–Crippen LogP) is 7.31. The van der Waals surface area contributed by atoms with Crippen LogP contribution in [0.3, 0.4) is 0 Å². The molecule has 0 radical (unpaired) electrons. The van der Waals surface area contributed by atoms with E-state index in [1.54, 1.807) is 13.0 Å². The van der Waals surface area contributed by atoms with E-state index in [9.17, 15) is 14.7 Å². The molecule has 0 aromatic carbocycles. The molecule has 0 heterocycles. The largest absolute Gasteiger partial charge is 0.481 e. The van der Waals surface area contributed by atoms with E-state index in [0.29, 0.717) is 12.8 Å². The van der Waals surface area contributed by atoms with Gasteiger partial charge in [-0.25, -0.2) is 0 Å². The molecule has 0 saturated carbocycles. The van der Waals surface area contributed by atoms with E-state index in [2.05, 4.69) is 20.8 Å². The first-order valence-electron chi connectivity index (χ1n) is 12.4. The quantitative estimate of drug-likeness (QED) is 0.161. The van der Waals surface area contributed by atoms with Gasteiger partial charge in [-0.1, -0.05) is 84.3 Å². The zero-order valence-corrected chi connectivity index (χ0v) is 20.0. The van der Waals surface area contributed by atoms with Crippen LogP contribution in [0.4, 0.5) is 0 Å². The van der Waals surface area contributed by atoms with Crippen molar-refractivity contribution in [1.29, 1.82) is 0 Å². The van der Waals surface area contributed by atoms with Crippen LogP contribution in [0.25, 0.3) is 0 Å². The molecule has 1 aliphatic carbocycles. The molecule has 0 amide bonds. The van der Waals surface area contributed by atoms with E-state index >= 15 is 0 Å². The van der Waals surface area contributed by atoms with Crippen molar-refractivity contribution < 1.29 is 19.4 Å². The number of hydrogen-bond acceptors (Lipinski definition) is 3. The van der Waals surface area contributed by atoms with Crippen LogP contribution >= 0.6 is 0 Å². The second-order valence-corrected chi connectivity index (χ2v) is 9.77. The maximum Gasteiger partial charge on any atom is 0.316 e. The molecule has 4 heteroatoms. The van der Waals surface area contributed by atoms with E-state index in [1.165, 1.54) is 44.9 Å². The van der Waals surface area contributed by atoms with Crippen molar-refractivity contribution in [3.8, 4) is 0 Å². The lowest BCUT2D eigenvalue weighted by atomic mass is 9.71. The summed E-state index contributed by atoms with van der Waals surface area (Å²) < 4.78 is 5.98. The van der Waals surface area contributed by atoms with Crippen LogP contribution in [0.15, 0.2) is 12.2 Å². The van der Waals surface area contributed by atoms with E-state index in [-0.39, 0.29) is 12.1 Å². The summed E-state index contributed by atoms with van der Waals surface area (Å²) in [4.78, 5) is 24.8. The van der Waals surface area contributed by atoms with Crippen molar-refractivity contribution in [2.75, 3.05) is 0 Å². The van der Waals surface area contributed by atoms with Crippen LogP contribution in [-0.2, 0) is 14.3 Å². The van der Waals surface area contributed by atoms with Crippen LogP contribution in [0.1, 0.15) is 118 Å². The molecule has 0 spiro atoms. The predicted molar refractivity (Wildman–Crippen MR) is 123 cm³/mol. The number of esters is 1. The first kappa shape index (κ1) is 26.7. The summed E-state index contributed by atoms with van der Waals surface area (Å²) in [7, 11) is 0. The Bertz CT molecular complexity index is 525. The highest BCUT2D eigenvalue weighted by Crippen LogP contribution is 2.38. The molecule has 30 heavy (non-hydrogen) atoms. The second kappa shape index (κ2) is 14.6. The molecule has 0 aromatic heterocycles. The zero-order chi connectivity index (χ0) is 22.4. The summed E-state index contributed by atoms with van der Waals surface area (Å²) in [5, 5.41) is 9.60. The van der Waals surface area contributed by atoms with Crippen LogP contribution in [0.2, 0.25) is 0 Å². The highest BCUT2D eigenvalue weighted by atomic mass is 16.5. The highest BCUT2D eigenvalue weighted by Gasteiger charge is 2.46. The fourth-order valence-electron chi connectivity index (χ4n) is 4.39. The summed E-state index contributed by atoms with van der Waals surface area (Å²) in [5.74, 6) is -1.23. The van der Waals surface area contributed by atoms with Gasteiger partial charge in [0.25, 0.3) is 0 Å². The Morgan fingerprint density at radius 2 is 1.57 bits per heavy atom. The molecule has 1 aliphatic rings. The Morgan fingerprint density at radius 1 is 1.00 bits per heavy atom. The zero-order valence-electron chi connectivity index (χ0n) is 20.0. The Morgan fingerprint density at radius 3 is 2.17 bits per heavy atom. The van der Waals surface area contributed by atoms with E-state index < -0.39 is 17.3 Å². The number of ether oxygens (including phenoxy) is 1. The standard InChI is InChI=1S/C26H46O4/c1-5-6-7-8-9-12-17-22(18-13-10-11-16-21(2)3)30-25(29)26(4)20-15-14-19-23(26)24(27)28/h15,20-23H,5-14,16-19H2,1-4H3,(H,27,28). The van der Waals surface area contributed by atoms with Gasteiger partial charge in [0.15, 0.2) is 0 Å². The van der Waals surface area contributed by atoms with Crippen molar-refractivity contribution in [1.82, 2.24) is 0 Å². The third kappa shape index (κ3) is 9.66. The minimum atomic E-state index is -1.05. The van der Waals surface area contributed by atoms with E-state index in [0.717, 1.165) is 38.0 Å². The molecule has 0 bridgehead atoms. The number of unbranched alkanes of at least 4 members (excludes halogenated alkanes) is 7. The molecule has 3 atom stereocenters. The number of rotatable bonds is 16. The molecule has 1 N–H and O–H groups in total. The fourth-order valence-corrected chi connectivity index (χ4v) is 4.39. The Hall–Kier alpha value is -1.32. The van der Waals surface area contributed by atoms with Gasteiger partial charge < -0.3 is 9.84 Å². The van der Waals surface area contributed by atoms with Crippen molar-refractivity contribution in [3.63, 3.8) is 0 Å². The summed E-state index contributed by atoms with van der Waals surface area (Å²) in [5.41, 5.74) is -1.05. The summed E-state index contributed by atoms with van der Waals surface area (Å²) in [6.45, 7) is 8.45. The van der Waals surface area contributed by atoms with Crippen molar-refractivity contribution in [2.24, 2.45) is 17.3 Å². The Labute approximate surface area is 184 Å². The van der Waals surface area contributed by atoms with Gasteiger partial charge in [-0.05, 0) is 51.4 Å². The molecule has 0 saturated heterocycles. The number of carboxylic acids is 1. The maximum absolute atomic E-state index is 13.1. The van der Waals surface area contributed by atoms with Crippen molar-refractivity contribution >= 4 is 11.9 Å². The average molecular weight is 423 g/mol. The molecule has 0 aromatic rings. The molecule has 4 nitrogen and oxygen atoms in total. The van der Waals surface area contributed by atoms with Crippen LogP contribution in [0, 0.1) is 17.3 Å². The van der Waals surface area contributed by atoms with Gasteiger partial charge in [-0.3, -0.25) is 9.59 Å². The van der Waals surface area contributed by atoms with Crippen LogP contribution < -0.4 is 0 Å². The maximum atomic E-state index is 13.1. The molecule has 3 unspecified atom stereocenters. The van der Waals surface area contributed by atoms with E-state index in [1.807, 2.05) is 6.08 Å². The highest BCUT2D eigenvalue weighted by molar-refractivity contribution is 5.86. The molecule has 0 fully saturated rings. The third-order valence-corrected chi connectivity index (χ3v) is 6.51. The van der Waals surface area contributed by atoms with Gasteiger partial charge in [0.1, 0.15) is 6.10 Å². The minimum absolute atomic E-state index is 0.0932. The molecular formula is C26H46O4. The van der Waals surface area contributed by atoms with Gasteiger partial charge in [0.05, 0.1) is 11.3 Å². The number of carbonyl (C=O) groups is 2. The number of carboxylic acid groups (broad SMARTS) is 1. The summed E-state index contributed by atoms with van der Waals surface area (Å²) in [6, 6.07) is 0. The first-order chi connectivity index (χ1) is 14.3. The fraction of sp³-hybridized carbons (Fsp3) is 0.846. The monoisotopic (exact) mass is 422 g/mol. The first-order valence-corrected chi connectivity index (χ1v) is 12.4. The third-order valence-electron chi connectivity index (χ3n) is 6.51. The summed E-state index contributed by atoms with van der Waals surface area (Å²) >= 11 is 0. The number of hydrogen-bond donors (Lipinski definition) is 1. The number of carbonyl (C=O) groups excluding carboxylic acids is 1. The lowest BCUT2D eigenvalue weighted by Gasteiger charge is -2.34. The smallest absolute Gasteiger partial charge is 0.316 e. The molecule has 0 aliphatic heterocycles. The van der Waals surface area contributed by atoms with Crippen LogP contribution in [-0.4, -0.2) is 23.1 Å². The van der Waals surface area contributed by atoms with E-state index in [4.69, 9.17) is 4.74 Å². The normalized spacial score (nSPS) is 22.2. The SMILES string of the molecule is CCCCCCCCC(CCCCCC(C)C)OC(=O)C1(C)C=CCCC1C(=O)O. The van der Waals surface area contributed by atoms with Gasteiger partial charge >= 0.3 is 11.9 Å². The topological polar surface area (TPSA) is 63.6 Å². The Kier molecular flexibility index (Phi) is 13.0. The van der Waals surface area contributed by atoms with Gasteiger partial charge in [-0.15, -0.1) is 0 Å². The Balaban J connectivity index is 2.62. The second-order valence-electron chi connectivity index (χ2n) is 9.77. The lowest BCUT2D eigenvalue weighted by molar-refractivity contribution is -0.168. The number of allylic oxidation sites excluding steroid dienone is 1. The van der Waals surface area contributed by atoms with Crippen molar-refractivity contribution in [3.05, 3.63) is 12.2 Å². The summed E-state index contributed by atoms with van der Waals surface area (Å²) in [6.07, 6.45) is 18.6. The molecule has 1 rings (SSSR count). The van der Waals surface area contributed by atoms with Gasteiger partial charge in [0, 0.05) is 0 Å². The minimum Gasteiger partial charge on any atom is -0.481 e. The lowest BCUT2D eigenvalue weighted by Crippen LogP contribution is -2.42. The van der Waals surface area contributed by atoms with Gasteiger partial charge in [0.2, 0.25) is 0 Å². The molecule has 174 valence electrons.